The van der Waals surface area contributed by atoms with Crippen LogP contribution in [0.2, 0.25) is 0 Å². The molecular weight excluding hydrogens is 528 g/mol. The van der Waals surface area contributed by atoms with E-state index in [2.05, 4.69) is 32.3 Å². The predicted octanol–water partition coefficient (Wildman–Crippen LogP) is 5.23. The lowest BCUT2D eigenvalue weighted by Crippen LogP contribution is -2.34. The second-order valence-corrected chi connectivity index (χ2v) is 12.2. The molecule has 1 amide bonds. The van der Waals surface area contributed by atoms with E-state index in [-0.39, 0.29) is 12.5 Å². The Labute approximate surface area is 248 Å². The minimum atomic E-state index is -0.0658. The third-order valence-corrected chi connectivity index (χ3v) is 8.94. The van der Waals surface area contributed by atoms with Crippen molar-refractivity contribution in [2.24, 2.45) is 11.8 Å². The first-order valence-electron chi connectivity index (χ1n) is 15.0. The maximum Gasteiger partial charge on any atom is 0.238 e. The molecule has 0 unspecified atom stereocenters. The quantitative estimate of drug-likeness (QED) is 0.139. The lowest BCUT2D eigenvalue weighted by molar-refractivity contribution is -0.115. The summed E-state index contributed by atoms with van der Waals surface area (Å²) in [6, 6.07) is 20.1. The second-order valence-electron chi connectivity index (χ2n) is 11.2. The highest BCUT2D eigenvalue weighted by atomic mass is 32.1. The summed E-state index contributed by atoms with van der Waals surface area (Å²) in [5.74, 6) is 7.68. The van der Waals surface area contributed by atoms with Crippen LogP contribution in [0.5, 0.6) is 0 Å². The Morgan fingerprint density at radius 2 is 1.83 bits per heavy atom. The van der Waals surface area contributed by atoms with E-state index >= 15 is 0 Å². The van der Waals surface area contributed by atoms with Crippen molar-refractivity contribution >= 4 is 34.3 Å². The van der Waals surface area contributed by atoms with Crippen LogP contribution in [-0.2, 0) is 17.8 Å². The largest absolute Gasteiger partial charge is 0.325 e. The van der Waals surface area contributed by atoms with Gasteiger partial charge < -0.3 is 20.9 Å². The van der Waals surface area contributed by atoms with Gasteiger partial charge in [-0.15, -0.1) is 11.3 Å². The molecule has 41 heavy (non-hydrogen) atoms. The van der Waals surface area contributed by atoms with Gasteiger partial charge in [0.25, 0.3) is 0 Å². The Kier molecular flexibility index (Phi) is 10.6. The summed E-state index contributed by atoms with van der Waals surface area (Å²) in [5, 5.41) is 13.5. The number of carbonyl (C=O) groups excluding carboxylic acids is 1. The average Bonchev–Trinajstić information content (AvgIpc) is 3.68. The average molecular weight is 573 g/mol. The molecule has 3 aromatic rings. The van der Waals surface area contributed by atoms with Gasteiger partial charge in [0.1, 0.15) is 0 Å². The number of fused-ring (bicyclic) bond motifs is 1. The summed E-state index contributed by atoms with van der Waals surface area (Å²) in [4.78, 5) is 16.5. The standard InChI is InChI=1S/C33H44N6OS/c1-35-18-20-38(24-26-9-10-26)19-5-8-27-11-16-31-30(17-21-41-31)33(27)39(34)29-14-12-28(13-15-29)37-32(40)23-36-22-25-6-3-2-4-7-25/h2-4,6-7,12-15,17,21,26,35-36H,5,8-11,16,18-20,22-24,34H2,1H3,(H,37,40). The van der Waals surface area contributed by atoms with Crippen LogP contribution >= 0.6 is 11.3 Å². The fraction of sp³-hybridized carbons (Fsp3) is 0.424. The lowest BCUT2D eigenvalue weighted by atomic mass is 9.91. The van der Waals surface area contributed by atoms with Gasteiger partial charge in [-0.1, -0.05) is 30.3 Å². The summed E-state index contributed by atoms with van der Waals surface area (Å²) >= 11 is 1.82. The van der Waals surface area contributed by atoms with Crippen LogP contribution in [-0.4, -0.2) is 50.6 Å². The molecule has 0 spiro atoms. The number of carbonyl (C=O) groups is 1. The molecule has 5 rings (SSSR count). The Morgan fingerprint density at radius 1 is 1.02 bits per heavy atom. The summed E-state index contributed by atoms with van der Waals surface area (Å²) in [6.07, 6.45) is 7.13. The number of aryl methyl sites for hydroxylation is 1. The number of benzene rings is 2. The number of amides is 1. The highest BCUT2D eigenvalue weighted by molar-refractivity contribution is 7.10. The molecule has 8 heteroatoms. The molecule has 1 saturated carbocycles. The van der Waals surface area contributed by atoms with Crippen molar-refractivity contribution < 1.29 is 4.79 Å². The first kappa shape index (κ1) is 29.5. The van der Waals surface area contributed by atoms with E-state index in [0.29, 0.717) is 6.54 Å². The van der Waals surface area contributed by atoms with Crippen LogP contribution in [0, 0.1) is 5.92 Å². The van der Waals surface area contributed by atoms with Crippen LogP contribution in [0.4, 0.5) is 11.4 Å². The lowest BCUT2D eigenvalue weighted by Gasteiger charge is -2.30. The van der Waals surface area contributed by atoms with Crippen LogP contribution in [0.3, 0.4) is 0 Å². The molecule has 1 fully saturated rings. The molecule has 1 heterocycles. The third kappa shape index (κ3) is 8.50. The van der Waals surface area contributed by atoms with Gasteiger partial charge in [0, 0.05) is 42.3 Å². The first-order valence-corrected chi connectivity index (χ1v) is 15.8. The maximum atomic E-state index is 12.5. The normalized spacial score (nSPS) is 14.8. The highest BCUT2D eigenvalue weighted by Crippen LogP contribution is 2.39. The van der Waals surface area contributed by atoms with Gasteiger partial charge in [-0.25, -0.2) is 5.84 Å². The zero-order valence-corrected chi connectivity index (χ0v) is 25.0. The molecule has 2 aliphatic carbocycles. The van der Waals surface area contributed by atoms with Crippen LogP contribution in [0.1, 0.15) is 48.1 Å². The molecule has 7 nitrogen and oxygen atoms in total. The van der Waals surface area contributed by atoms with Crippen molar-refractivity contribution in [1.29, 1.82) is 0 Å². The maximum absolute atomic E-state index is 12.5. The Balaban J connectivity index is 1.20. The Morgan fingerprint density at radius 3 is 2.59 bits per heavy atom. The van der Waals surface area contributed by atoms with Gasteiger partial charge in [-0.05, 0) is 105 Å². The number of hydrogen-bond acceptors (Lipinski definition) is 7. The molecule has 1 aromatic heterocycles. The number of hydrazine groups is 1. The van der Waals surface area contributed by atoms with Crippen molar-refractivity contribution in [3.8, 4) is 0 Å². The minimum Gasteiger partial charge on any atom is -0.325 e. The van der Waals surface area contributed by atoms with Gasteiger partial charge in [0.2, 0.25) is 5.91 Å². The minimum absolute atomic E-state index is 0.0658. The number of hydrogen-bond donors (Lipinski definition) is 4. The molecule has 0 aliphatic heterocycles. The van der Waals surface area contributed by atoms with E-state index in [9.17, 15) is 4.79 Å². The summed E-state index contributed by atoms with van der Waals surface area (Å²) in [5.41, 5.74) is 6.70. The molecule has 5 N–H and O–H groups in total. The van der Waals surface area contributed by atoms with E-state index < -0.39 is 0 Å². The highest BCUT2D eigenvalue weighted by Gasteiger charge is 2.26. The number of nitrogens with one attached hydrogen (secondary N) is 3. The zero-order chi connectivity index (χ0) is 28.4. The molecule has 0 bridgehead atoms. The number of thiophene rings is 1. The predicted molar refractivity (Wildman–Crippen MR) is 172 cm³/mol. The van der Waals surface area contributed by atoms with Crippen molar-refractivity contribution in [2.75, 3.05) is 50.1 Å². The first-order chi connectivity index (χ1) is 20.1. The van der Waals surface area contributed by atoms with E-state index in [1.165, 1.54) is 35.4 Å². The number of likely N-dealkylation sites (N-methyl/N-ethyl adjacent to an activating group) is 1. The van der Waals surface area contributed by atoms with Crippen molar-refractivity contribution in [3.63, 3.8) is 0 Å². The topological polar surface area (TPSA) is 85.7 Å². The molecule has 2 aliphatic rings. The van der Waals surface area contributed by atoms with Crippen LogP contribution < -0.4 is 26.8 Å². The van der Waals surface area contributed by atoms with Crippen molar-refractivity contribution in [2.45, 2.75) is 45.1 Å². The van der Waals surface area contributed by atoms with Gasteiger partial charge >= 0.3 is 0 Å². The van der Waals surface area contributed by atoms with E-state index in [1.807, 2.05) is 78.0 Å². The van der Waals surface area contributed by atoms with E-state index in [1.54, 1.807) is 0 Å². The summed E-state index contributed by atoms with van der Waals surface area (Å²) < 4.78 is 0. The molecule has 0 radical (unpaired) electrons. The Hall–Kier alpha value is -3.01. The van der Waals surface area contributed by atoms with Gasteiger partial charge in [-0.2, -0.15) is 0 Å². The second kappa shape index (κ2) is 14.8. The van der Waals surface area contributed by atoms with Gasteiger partial charge in [0.05, 0.1) is 17.9 Å². The van der Waals surface area contributed by atoms with E-state index in [0.717, 1.165) is 73.9 Å². The Bertz CT molecular complexity index is 1280. The fourth-order valence-electron chi connectivity index (χ4n) is 5.56. The number of nitrogens with two attached hydrogens (primary N) is 1. The van der Waals surface area contributed by atoms with Crippen LogP contribution in [0.25, 0.3) is 5.70 Å². The SMILES string of the molecule is CNCCN(CCCC1=C(N(N)c2ccc(NC(=O)CNCc3ccccc3)cc2)c2ccsc2CC1)CC1CC1. The van der Waals surface area contributed by atoms with Crippen molar-refractivity contribution in [1.82, 2.24) is 15.5 Å². The summed E-state index contributed by atoms with van der Waals surface area (Å²) in [7, 11) is 2.04. The summed E-state index contributed by atoms with van der Waals surface area (Å²) in [6.45, 7) is 5.43. The molecule has 218 valence electrons. The zero-order valence-electron chi connectivity index (χ0n) is 24.2. The number of rotatable bonds is 16. The number of anilines is 2. The van der Waals surface area contributed by atoms with Gasteiger partial charge in [-0.3, -0.25) is 9.80 Å². The number of allylic oxidation sites excluding steroid dienone is 1. The van der Waals surface area contributed by atoms with Crippen molar-refractivity contribution in [3.05, 3.63) is 87.6 Å². The molecule has 0 saturated heterocycles. The smallest absolute Gasteiger partial charge is 0.238 e. The molecule has 2 aromatic carbocycles. The molecular formula is C33H44N6OS. The third-order valence-electron chi connectivity index (χ3n) is 7.96. The van der Waals surface area contributed by atoms with Crippen LogP contribution in [0.15, 0.2) is 71.6 Å². The number of nitrogens with zero attached hydrogens (tertiary/aromatic N) is 2. The van der Waals surface area contributed by atoms with Gasteiger partial charge in [0.15, 0.2) is 0 Å². The van der Waals surface area contributed by atoms with E-state index in [4.69, 9.17) is 5.84 Å². The monoisotopic (exact) mass is 572 g/mol. The fourth-order valence-corrected chi connectivity index (χ4v) is 6.44. The molecule has 0 atom stereocenters.